The molecule has 1 fully saturated rings. The molecule has 2 N–H and O–H groups in total. The van der Waals surface area contributed by atoms with Crippen LogP contribution >= 0.6 is 0 Å². The minimum atomic E-state index is -0.987. The maximum Gasteiger partial charge on any atom is 0.254 e. The molecule has 4 rings (SSSR count). The third kappa shape index (κ3) is 2.35. The zero-order valence-electron chi connectivity index (χ0n) is 13.4. The molecule has 122 valence electrons. The van der Waals surface area contributed by atoms with Crippen molar-refractivity contribution in [2.24, 2.45) is 0 Å². The Hall–Kier alpha value is -2.73. The van der Waals surface area contributed by atoms with Crippen LogP contribution in [0.4, 0.5) is 0 Å². The van der Waals surface area contributed by atoms with E-state index in [1.165, 1.54) is 0 Å². The highest BCUT2D eigenvalue weighted by molar-refractivity contribution is 5.97. The van der Waals surface area contributed by atoms with Crippen LogP contribution in [-0.4, -0.2) is 44.4 Å². The Kier molecular flexibility index (Phi) is 3.35. The lowest BCUT2D eigenvalue weighted by molar-refractivity contribution is 0.0412. The number of benzene rings is 2. The number of hydrogen-bond acceptors (Lipinski definition) is 4. The number of aliphatic hydroxyl groups is 1. The number of aromatic amines is 1. The van der Waals surface area contributed by atoms with Crippen LogP contribution in [0.2, 0.25) is 0 Å². The molecule has 1 unspecified atom stereocenters. The average molecular weight is 322 g/mol. The van der Waals surface area contributed by atoms with Gasteiger partial charge in [0.2, 0.25) is 0 Å². The number of rotatable bonds is 2. The normalized spacial score (nSPS) is 20.7. The summed E-state index contributed by atoms with van der Waals surface area (Å²) in [6, 6.07) is 13.0. The van der Waals surface area contributed by atoms with Crippen molar-refractivity contribution >= 4 is 16.9 Å². The molecule has 6 heteroatoms. The lowest BCUT2D eigenvalue weighted by Crippen LogP contribution is -2.34. The van der Waals surface area contributed by atoms with Crippen molar-refractivity contribution < 1.29 is 9.90 Å². The van der Waals surface area contributed by atoms with Gasteiger partial charge in [-0.3, -0.25) is 4.79 Å². The number of hydrogen-bond donors (Lipinski definition) is 2. The van der Waals surface area contributed by atoms with Gasteiger partial charge in [0.05, 0.1) is 6.54 Å². The summed E-state index contributed by atoms with van der Waals surface area (Å²) < 4.78 is 0. The van der Waals surface area contributed by atoms with Crippen LogP contribution in [-0.2, 0) is 5.60 Å². The Morgan fingerprint density at radius 2 is 2.00 bits per heavy atom. The number of fused-ring (bicyclic) bond motifs is 1. The van der Waals surface area contributed by atoms with E-state index in [0.717, 1.165) is 16.6 Å². The molecular weight excluding hydrogens is 304 g/mol. The summed E-state index contributed by atoms with van der Waals surface area (Å²) in [4.78, 5) is 14.5. The molecule has 6 nitrogen and oxygen atoms in total. The Morgan fingerprint density at radius 1 is 1.21 bits per heavy atom. The molecule has 24 heavy (non-hydrogen) atoms. The van der Waals surface area contributed by atoms with E-state index in [1.807, 2.05) is 31.2 Å². The molecule has 1 aliphatic rings. The Bertz CT molecular complexity index is 920. The lowest BCUT2D eigenvalue weighted by Gasteiger charge is -2.25. The molecule has 1 amide bonds. The third-order valence-corrected chi connectivity index (χ3v) is 4.74. The van der Waals surface area contributed by atoms with E-state index in [2.05, 4.69) is 15.4 Å². The summed E-state index contributed by atoms with van der Waals surface area (Å²) in [5.41, 5.74) is 2.90. The van der Waals surface area contributed by atoms with E-state index in [4.69, 9.17) is 0 Å². The first-order valence-electron chi connectivity index (χ1n) is 7.95. The Morgan fingerprint density at radius 3 is 2.83 bits per heavy atom. The van der Waals surface area contributed by atoms with Crippen molar-refractivity contribution in [3.8, 4) is 0 Å². The molecule has 0 saturated carbocycles. The fourth-order valence-electron chi connectivity index (χ4n) is 3.44. The molecular formula is C18H18N4O2. The van der Waals surface area contributed by atoms with Gasteiger partial charge in [-0.25, -0.2) is 0 Å². The second-order valence-corrected chi connectivity index (χ2v) is 6.35. The minimum absolute atomic E-state index is 0.0931. The molecule has 2 aromatic carbocycles. The number of amides is 1. The summed E-state index contributed by atoms with van der Waals surface area (Å²) >= 11 is 0. The lowest BCUT2D eigenvalue weighted by atomic mass is 9.89. The monoisotopic (exact) mass is 322 g/mol. The quantitative estimate of drug-likeness (QED) is 0.756. The summed E-state index contributed by atoms with van der Waals surface area (Å²) in [6.07, 6.45) is 0.537. The van der Waals surface area contributed by atoms with Crippen molar-refractivity contribution in [3.05, 3.63) is 59.2 Å². The van der Waals surface area contributed by atoms with Crippen LogP contribution in [0.1, 0.15) is 27.9 Å². The van der Waals surface area contributed by atoms with Crippen molar-refractivity contribution in [2.75, 3.05) is 13.1 Å². The summed E-state index contributed by atoms with van der Waals surface area (Å²) in [7, 11) is 0. The number of carbonyl (C=O) groups excluding carboxylic acids is 1. The van der Waals surface area contributed by atoms with Crippen molar-refractivity contribution in [1.29, 1.82) is 0 Å². The highest BCUT2D eigenvalue weighted by Crippen LogP contribution is 2.34. The SMILES string of the molecule is Cc1ccccc1C1(O)CCN(C(=O)c2ccc3n[nH]nc3c2)C1. The molecule has 0 bridgehead atoms. The molecule has 2 heterocycles. The molecule has 1 atom stereocenters. The van der Waals surface area contributed by atoms with Crippen LogP contribution in [0.5, 0.6) is 0 Å². The van der Waals surface area contributed by atoms with E-state index in [-0.39, 0.29) is 5.91 Å². The zero-order valence-corrected chi connectivity index (χ0v) is 13.4. The highest BCUT2D eigenvalue weighted by Gasteiger charge is 2.40. The van der Waals surface area contributed by atoms with Crippen LogP contribution in [0.25, 0.3) is 11.0 Å². The highest BCUT2D eigenvalue weighted by atomic mass is 16.3. The molecule has 0 spiro atoms. The molecule has 0 aliphatic carbocycles. The number of aryl methyl sites for hydroxylation is 1. The fraction of sp³-hybridized carbons (Fsp3) is 0.278. The van der Waals surface area contributed by atoms with Gasteiger partial charge in [0.1, 0.15) is 16.6 Å². The van der Waals surface area contributed by atoms with Gasteiger partial charge < -0.3 is 10.0 Å². The summed E-state index contributed by atoms with van der Waals surface area (Å²) in [5.74, 6) is -0.0931. The summed E-state index contributed by atoms with van der Waals surface area (Å²) in [6.45, 7) is 2.81. The van der Waals surface area contributed by atoms with E-state index in [0.29, 0.717) is 30.6 Å². The third-order valence-electron chi connectivity index (χ3n) is 4.74. The number of carbonyl (C=O) groups is 1. The van der Waals surface area contributed by atoms with Crippen molar-refractivity contribution in [2.45, 2.75) is 18.9 Å². The van der Waals surface area contributed by atoms with Gasteiger partial charge in [-0.2, -0.15) is 15.4 Å². The van der Waals surface area contributed by atoms with E-state index < -0.39 is 5.60 Å². The topological polar surface area (TPSA) is 82.1 Å². The average Bonchev–Trinajstić information content (AvgIpc) is 3.21. The van der Waals surface area contributed by atoms with E-state index in [1.54, 1.807) is 23.1 Å². The minimum Gasteiger partial charge on any atom is -0.383 e. The number of nitrogens with one attached hydrogen (secondary N) is 1. The van der Waals surface area contributed by atoms with Gasteiger partial charge in [-0.15, -0.1) is 0 Å². The number of nitrogens with zero attached hydrogens (tertiary/aromatic N) is 3. The second-order valence-electron chi connectivity index (χ2n) is 6.35. The van der Waals surface area contributed by atoms with Gasteiger partial charge in [0.15, 0.2) is 0 Å². The molecule has 1 saturated heterocycles. The van der Waals surface area contributed by atoms with Crippen LogP contribution in [0.3, 0.4) is 0 Å². The molecule has 1 aromatic heterocycles. The molecule has 0 radical (unpaired) electrons. The van der Waals surface area contributed by atoms with Gasteiger partial charge in [0.25, 0.3) is 5.91 Å². The maximum atomic E-state index is 12.8. The van der Waals surface area contributed by atoms with E-state index >= 15 is 0 Å². The van der Waals surface area contributed by atoms with Gasteiger partial charge in [-0.05, 0) is 42.7 Å². The second kappa shape index (κ2) is 5.42. The summed E-state index contributed by atoms with van der Waals surface area (Å²) in [5, 5.41) is 21.6. The maximum absolute atomic E-state index is 12.8. The van der Waals surface area contributed by atoms with Crippen LogP contribution < -0.4 is 0 Å². The first-order chi connectivity index (χ1) is 11.6. The smallest absolute Gasteiger partial charge is 0.254 e. The number of β-amino-alcohol motifs (C(OH)–C–C–N with tert-alkyl or cyclic N) is 1. The number of aromatic nitrogens is 3. The van der Waals surface area contributed by atoms with Gasteiger partial charge in [0, 0.05) is 12.1 Å². The predicted molar refractivity (Wildman–Crippen MR) is 89.5 cm³/mol. The predicted octanol–water partition coefficient (Wildman–Crippen LogP) is 2.00. The number of likely N-dealkylation sites (tertiary alicyclic amines) is 1. The van der Waals surface area contributed by atoms with Gasteiger partial charge in [-0.1, -0.05) is 24.3 Å². The first-order valence-corrected chi connectivity index (χ1v) is 7.95. The van der Waals surface area contributed by atoms with Crippen molar-refractivity contribution in [1.82, 2.24) is 20.3 Å². The Labute approximate surface area is 139 Å². The fourth-order valence-corrected chi connectivity index (χ4v) is 3.44. The van der Waals surface area contributed by atoms with Gasteiger partial charge >= 0.3 is 0 Å². The zero-order chi connectivity index (χ0) is 16.7. The van der Waals surface area contributed by atoms with Crippen LogP contribution in [0.15, 0.2) is 42.5 Å². The van der Waals surface area contributed by atoms with E-state index in [9.17, 15) is 9.90 Å². The van der Waals surface area contributed by atoms with Crippen molar-refractivity contribution in [3.63, 3.8) is 0 Å². The largest absolute Gasteiger partial charge is 0.383 e. The van der Waals surface area contributed by atoms with Crippen LogP contribution in [0, 0.1) is 6.92 Å². The Balaban J connectivity index is 1.60. The molecule has 3 aromatic rings. The number of H-pyrrole nitrogens is 1. The standard InChI is InChI=1S/C18H18N4O2/c1-12-4-2-3-5-14(12)18(24)8-9-22(11-18)17(23)13-6-7-15-16(10-13)20-21-19-15/h2-7,10,24H,8-9,11H2,1H3,(H,19,20,21). The first kappa shape index (κ1) is 14.8. The molecule has 1 aliphatic heterocycles.